The lowest BCUT2D eigenvalue weighted by Crippen LogP contribution is -2.58. The standard InChI is InChI=1S/C17H24N2O2/c1-2-3-6-10-17(16(18)21)11-9-14-7-4-5-8-15(14)19(17)12-13-20/h4-5,7-9,11,20H,2-3,6,10,12-13H2,1H3,(H2,18,21). The van der Waals surface area contributed by atoms with Crippen molar-refractivity contribution in [1.29, 1.82) is 0 Å². The maximum Gasteiger partial charge on any atom is 0.247 e. The van der Waals surface area contributed by atoms with Gasteiger partial charge in [0.1, 0.15) is 5.54 Å². The summed E-state index contributed by atoms with van der Waals surface area (Å²) in [7, 11) is 0. The van der Waals surface area contributed by atoms with Crippen LogP contribution in [0.2, 0.25) is 0 Å². The first kappa shape index (κ1) is 15.6. The van der Waals surface area contributed by atoms with Crippen LogP contribution in [0, 0.1) is 0 Å². The van der Waals surface area contributed by atoms with E-state index in [4.69, 9.17) is 5.73 Å². The molecule has 0 bridgehead atoms. The summed E-state index contributed by atoms with van der Waals surface area (Å²) in [5, 5.41) is 9.41. The number of nitrogens with two attached hydrogens (primary N) is 1. The molecule has 0 aliphatic carbocycles. The third-order valence-electron chi connectivity index (χ3n) is 4.16. The van der Waals surface area contributed by atoms with Gasteiger partial charge in [-0.25, -0.2) is 0 Å². The Morgan fingerprint density at radius 1 is 1.33 bits per heavy atom. The number of aliphatic hydroxyl groups excluding tert-OH is 1. The number of hydrogen-bond acceptors (Lipinski definition) is 3. The zero-order valence-corrected chi connectivity index (χ0v) is 12.6. The number of fused-ring (bicyclic) bond motifs is 1. The lowest BCUT2D eigenvalue weighted by molar-refractivity contribution is -0.122. The zero-order valence-electron chi connectivity index (χ0n) is 12.6. The molecular formula is C17H24N2O2. The molecule has 1 aliphatic rings. The van der Waals surface area contributed by atoms with Crippen LogP contribution in [0.3, 0.4) is 0 Å². The van der Waals surface area contributed by atoms with Crippen molar-refractivity contribution in [1.82, 2.24) is 0 Å². The minimum absolute atomic E-state index is 0.00895. The van der Waals surface area contributed by atoms with E-state index in [-0.39, 0.29) is 12.5 Å². The molecule has 0 radical (unpaired) electrons. The fourth-order valence-electron chi connectivity index (χ4n) is 3.03. The van der Waals surface area contributed by atoms with E-state index in [9.17, 15) is 9.90 Å². The summed E-state index contributed by atoms with van der Waals surface area (Å²) in [6.07, 6.45) is 7.66. The Morgan fingerprint density at radius 3 is 2.76 bits per heavy atom. The Kier molecular flexibility index (Phi) is 5.02. The largest absolute Gasteiger partial charge is 0.395 e. The molecule has 1 unspecified atom stereocenters. The molecule has 4 nitrogen and oxygen atoms in total. The topological polar surface area (TPSA) is 66.6 Å². The summed E-state index contributed by atoms with van der Waals surface area (Å²) in [6, 6.07) is 7.90. The van der Waals surface area contributed by atoms with Crippen molar-refractivity contribution in [2.45, 2.75) is 38.1 Å². The van der Waals surface area contributed by atoms with E-state index in [1.54, 1.807) is 0 Å². The van der Waals surface area contributed by atoms with Crippen LogP contribution in [0.15, 0.2) is 30.3 Å². The number of benzene rings is 1. The Bertz CT molecular complexity index is 527. The molecule has 1 amide bonds. The number of amides is 1. The molecule has 2 rings (SSSR count). The summed E-state index contributed by atoms with van der Waals surface area (Å²) >= 11 is 0. The number of nitrogens with zero attached hydrogens (tertiary/aromatic N) is 1. The average Bonchev–Trinajstić information content (AvgIpc) is 2.49. The molecule has 1 aromatic rings. The van der Waals surface area contributed by atoms with Gasteiger partial charge in [0, 0.05) is 12.2 Å². The van der Waals surface area contributed by atoms with Gasteiger partial charge in [0.25, 0.3) is 0 Å². The molecule has 0 aromatic heterocycles. The molecule has 0 spiro atoms. The summed E-state index contributed by atoms with van der Waals surface area (Å²) in [4.78, 5) is 14.2. The van der Waals surface area contributed by atoms with Crippen molar-refractivity contribution in [3.8, 4) is 0 Å². The van der Waals surface area contributed by atoms with E-state index in [1.807, 2.05) is 41.3 Å². The lowest BCUT2D eigenvalue weighted by Gasteiger charge is -2.44. The van der Waals surface area contributed by atoms with E-state index in [0.717, 1.165) is 30.5 Å². The highest BCUT2D eigenvalue weighted by Crippen LogP contribution is 2.37. The Morgan fingerprint density at radius 2 is 2.10 bits per heavy atom. The number of anilines is 1. The van der Waals surface area contributed by atoms with Gasteiger partial charge in [-0.3, -0.25) is 4.79 Å². The quantitative estimate of drug-likeness (QED) is 0.757. The number of primary amides is 1. The summed E-state index contributed by atoms with van der Waals surface area (Å²) in [5.41, 5.74) is 6.94. The number of rotatable bonds is 7. The normalized spacial score (nSPS) is 20.4. The van der Waals surface area contributed by atoms with Gasteiger partial charge in [0.2, 0.25) is 5.91 Å². The van der Waals surface area contributed by atoms with Crippen molar-refractivity contribution in [2.24, 2.45) is 5.73 Å². The van der Waals surface area contributed by atoms with Gasteiger partial charge in [0.05, 0.1) is 6.61 Å². The molecule has 114 valence electrons. The molecule has 1 aromatic carbocycles. The van der Waals surface area contributed by atoms with E-state index in [2.05, 4.69) is 6.92 Å². The minimum Gasteiger partial charge on any atom is -0.395 e. The molecule has 1 heterocycles. The van der Waals surface area contributed by atoms with Gasteiger partial charge in [-0.1, -0.05) is 50.5 Å². The Labute approximate surface area is 126 Å². The van der Waals surface area contributed by atoms with Crippen molar-refractivity contribution in [2.75, 3.05) is 18.1 Å². The van der Waals surface area contributed by atoms with Crippen LogP contribution in [0.1, 0.15) is 38.2 Å². The lowest BCUT2D eigenvalue weighted by atomic mass is 9.84. The van der Waals surface area contributed by atoms with Crippen LogP contribution in [0.5, 0.6) is 0 Å². The fraction of sp³-hybridized carbons (Fsp3) is 0.471. The van der Waals surface area contributed by atoms with Crippen LogP contribution in [0.4, 0.5) is 5.69 Å². The van der Waals surface area contributed by atoms with Crippen LogP contribution in [0.25, 0.3) is 6.08 Å². The highest BCUT2D eigenvalue weighted by molar-refractivity contribution is 5.95. The van der Waals surface area contributed by atoms with Gasteiger partial charge in [-0.05, 0) is 24.1 Å². The van der Waals surface area contributed by atoms with Crippen LogP contribution in [-0.2, 0) is 4.79 Å². The number of unbranched alkanes of at least 4 members (excludes halogenated alkanes) is 2. The third-order valence-corrected chi connectivity index (χ3v) is 4.16. The second-order valence-electron chi connectivity index (χ2n) is 5.51. The van der Waals surface area contributed by atoms with Crippen molar-refractivity contribution in [3.63, 3.8) is 0 Å². The number of carbonyl (C=O) groups is 1. The summed E-state index contributed by atoms with van der Waals surface area (Å²) in [6.45, 7) is 2.52. The predicted octanol–water partition coefficient (Wildman–Crippen LogP) is 2.32. The first-order valence-electron chi connectivity index (χ1n) is 7.62. The molecule has 1 aliphatic heterocycles. The van der Waals surface area contributed by atoms with E-state index in [0.29, 0.717) is 13.0 Å². The molecule has 0 saturated heterocycles. The maximum atomic E-state index is 12.2. The number of carbonyl (C=O) groups excluding carboxylic acids is 1. The predicted molar refractivity (Wildman–Crippen MR) is 86.0 cm³/mol. The highest BCUT2D eigenvalue weighted by atomic mass is 16.3. The summed E-state index contributed by atoms with van der Waals surface area (Å²) in [5.74, 6) is -0.349. The average molecular weight is 288 g/mol. The maximum absolute atomic E-state index is 12.2. The molecule has 0 saturated carbocycles. The van der Waals surface area contributed by atoms with Crippen LogP contribution >= 0.6 is 0 Å². The van der Waals surface area contributed by atoms with E-state index < -0.39 is 5.54 Å². The molecule has 21 heavy (non-hydrogen) atoms. The van der Waals surface area contributed by atoms with Crippen molar-refractivity contribution >= 4 is 17.7 Å². The van der Waals surface area contributed by atoms with Gasteiger partial charge < -0.3 is 15.7 Å². The van der Waals surface area contributed by atoms with Crippen molar-refractivity contribution in [3.05, 3.63) is 35.9 Å². The second-order valence-corrected chi connectivity index (χ2v) is 5.51. The molecule has 0 fully saturated rings. The van der Waals surface area contributed by atoms with Crippen LogP contribution in [-0.4, -0.2) is 29.7 Å². The van der Waals surface area contributed by atoms with Crippen molar-refractivity contribution < 1.29 is 9.90 Å². The van der Waals surface area contributed by atoms with E-state index >= 15 is 0 Å². The highest BCUT2D eigenvalue weighted by Gasteiger charge is 2.42. The number of hydrogen-bond donors (Lipinski definition) is 2. The number of aliphatic hydroxyl groups is 1. The summed E-state index contributed by atoms with van der Waals surface area (Å²) < 4.78 is 0. The number of β-amino-alcohol motifs (C(OH)–C–C–N with tert-alkyl or cyclic N) is 1. The first-order valence-corrected chi connectivity index (χ1v) is 7.62. The van der Waals surface area contributed by atoms with Gasteiger partial charge in [-0.15, -0.1) is 0 Å². The second kappa shape index (κ2) is 6.76. The van der Waals surface area contributed by atoms with E-state index in [1.165, 1.54) is 0 Å². The fourth-order valence-corrected chi connectivity index (χ4v) is 3.03. The molecule has 4 heteroatoms. The van der Waals surface area contributed by atoms with Gasteiger partial charge >= 0.3 is 0 Å². The molecule has 1 atom stereocenters. The van der Waals surface area contributed by atoms with Gasteiger partial charge in [-0.2, -0.15) is 0 Å². The zero-order chi connectivity index (χ0) is 15.3. The smallest absolute Gasteiger partial charge is 0.247 e. The SMILES string of the molecule is CCCCCC1(C(N)=O)C=Cc2ccccc2N1CCO. The monoisotopic (exact) mass is 288 g/mol. The number of para-hydroxylation sites is 1. The van der Waals surface area contributed by atoms with Gasteiger partial charge in [0.15, 0.2) is 0 Å². The minimum atomic E-state index is -0.827. The third kappa shape index (κ3) is 2.95. The van der Waals surface area contributed by atoms with Crippen LogP contribution < -0.4 is 10.6 Å². The first-order chi connectivity index (χ1) is 10.2. The molecular weight excluding hydrogens is 264 g/mol. The Hall–Kier alpha value is -1.81. The Balaban J connectivity index is 2.41. The molecule has 3 N–H and O–H groups in total.